The number of carbonyl (C=O) groups is 2. The molecule has 0 fully saturated rings. The van der Waals surface area contributed by atoms with Crippen LogP contribution < -0.4 is 25.6 Å². The van der Waals surface area contributed by atoms with E-state index in [1.54, 1.807) is 12.1 Å². The van der Waals surface area contributed by atoms with Gasteiger partial charge in [-0.2, -0.15) is 0 Å². The Morgan fingerprint density at radius 3 is 2.06 bits per heavy atom. The highest BCUT2D eigenvalue weighted by molar-refractivity contribution is 9.11. The molecule has 3 N–H and O–H groups in total. The minimum Gasteiger partial charge on any atom is -0.483 e. The van der Waals surface area contributed by atoms with E-state index in [2.05, 4.69) is 64.0 Å². The highest BCUT2D eigenvalue weighted by atomic mass is 79.9. The van der Waals surface area contributed by atoms with Crippen LogP contribution in [0.15, 0.2) is 80.1 Å². The zero-order valence-electron chi connectivity index (χ0n) is 18.4. The molecule has 0 aliphatic carbocycles. The minimum absolute atomic E-state index is 0.0769. The molecule has 0 aliphatic rings. The predicted octanol–water partition coefficient (Wildman–Crippen LogP) is 5.76. The zero-order chi connectivity index (χ0) is 25.7. The van der Waals surface area contributed by atoms with Gasteiger partial charge in [0.2, 0.25) is 0 Å². The maximum absolute atomic E-state index is 12.2. The second kappa shape index (κ2) is 12.0. The molecule has 0 aromatic heterocycles. The number of hydrogen-bond donors (Lipinski definition) is 3. The number of ether oxygens (including phenoxy) is 2. The van der Waals surface area contributed by atoms with Crippen molar-refractivity contribution < 1.29 is 19.1 Å². The van der Waals surface area contributed by atoms with E-state index in [-0.39, 0.29) is 18.3 Å². The number of rotatable bonds is 6. The second-order valence-electron chi connectivity index (χ2n) is 7.47. The van der Waals surface area contributed by atoms with E-state index in [9.17, 15) is 9.59 Å². The van der Waals surface area contributed by atoms with Crippen LogP contribution in [0.25, 0.3) is 21.5 Å². The van der Waals surface area contributed by atoms with Crippen LogP contribution in [0.4, 0.5) is 0 Å². The molecule has 4 rings (SSSR count). The Hall–Kier alpha value is -2.73. The molecule has 4 aromatic rings. The molecule has 0 saturated heterocycles. The molecule has 0 saturated carbocycles. The van der Waals surface area contributed by atoms with Gasteiger partial charge in [-0.25, -0.2) is 0 Å². The van der Waals surface area contributed by atoms with Crippen molar-refractivity contribution in [2.24, 2.45) is 0 Å². The summed E-state index contributed by atoms with van der Waals surface area (Å²) in [6.07, 6.45) is 0. The molecule has 2 amide bonds. The molecule has 184 valence electrons. The maximum Gasteiger partial charge on any atom is 0.276 e. The standard InChI is InChI=1S/C25H18Br3N3O4S/c26-16-7-8-18-15(11-16)6-10-20(24(18)28)35-13-22(33)30-31-25(36)29-21(32)12-34-19-9-5-14-3-1-2-4-17(14)23(19)27/h1-11H,12-13H2,(H,30,33)(H2,29,31,32,36). The molecule has 0 radical (unpaired) electrons. The lowest BCUT2D eigenvalue weighted by molar-refractivity contribution is -0.124. The van der Waals surface area contributed by atoms with Gasteiger partial charge in [-0.1, -0.05) is 58.4 Å². The summed E-state index contributed by atoms with van der Waals surface area (Å²) < 4.78 is 13.7. The van der Waals surface area contributed by atoms with Crippen molar-refractivity contribution in [1.82, 2.24) is 16.2 Å². The lowest BCUT2D eigenvalue weighted by atomic mass is 10.1. The summed E-state index contributed by atoms with van der Waals surface area (Å²) >= 11 is 15.5. The molecule has 7 nitrogen and oxygen atoms in total. The third-order valence-electron chi connectivity index (χ3n) is 4.99. The Morgan fingerprint density at radius 1 is 0.722 bits per heavy atom. The van der Waals surface area contributed by atoms with Crippen LogP contribution >= 0.6 is 60.0 Å². The van der Waals surface area contributed by atoms with Gasteiger partial charge in [-0.05, 0) is 89.9 Å². The molecule has 0 atom stereocenters. The average Bonchev–Trinajstić information content (AvgIpc) is 2.87. The Bertz CT molecular complexity index is 1480. The van der Waals surface area contributed by atoms with Crippen LogP contribution in [0.1, 0.15) is 0 Å². The Kier molecular flexibility index (Phi) is 8.78. The van der Waals surface area contributed by atoms with E-state index >= 15 is 0 Å². The fourth-order valence-corrected chi connectivity index (χ4v) is 5.08. The van der Waals surface area contributed by atoms with Crippen LogP contribution in [0.5, 0.6) is 11.5 Å². The third-order valence-corrected chi connectivity index (χ3v) is 7.33. The minimum atomic E-state index is -0.482. The molecular weight excluding hydrogens is 678 g/mol. The summed E-state index contributed by atoms with van der Waals surface area (Å²) in [5.74, 6) is 0.0871. The van der Waals surface area contributed by atoms with Crippen LogP contribution in [-0.2, 0) is 9.59 Å². The van der Waals surface area contributed by atoms with E-state index in [1.807, 2.05) is 54.6 Å². The molecule has 0 heterocycles. The largest absolute Gasteiger partial charge is 0.483 e. The molecule has 0 unspecified atom stereocenters. The van der Waals surface area contributed by atoms with Gasteiger partial charge in [0.1, 0.15) is 11.5 Å². The SMILES string of the molecule is O=C(COc1ccc2cc(Br)ccc2c1Br)NNC(=S)NC(=O)COc1ccc2ccccc2c1Br. The lowest BCUT2D eigenvalue weighted by Gasteiger charge is -2.13. The van der Waals surface area contributed by atoms with E-state index in [0.29, 0.717) is 11.5 Å². The van der Waals surface area contributed by atoms with Gasteiger partial charge in [0.15, 0.2) is 18.3 Å². The molecule has 0 bridgehead atoms. The molecule has 0 aliphatic heterocycles. The normalized spacial score (nSPS) is 10.6. The third kappa shape index (κ3) is 6.52. The number of fused-ring (bicyclic) bond motifs is 2. The number of thiocarbonyl (C=S) groups is 1. The van der Waals surface area contributed by atoms with Gasteiger partial charge < -0.3 is 9.47 Å². The Labute approximate surface area is 237 Å². The monoisotopic (exact) mass is 693 g/mol. The topological polar surface area (TPSA) is 88.7 Å². The molecule has 0 spiro atoms. The summed E-state index contributed by atoms with van der Waals surface area (Å²) in [6, 6.07) is 21.0. The van der Waals surface area contributed by atoms with Crippen LogP contribution in [0, 0.1) is 0 Å². The summed E-state index contributed by atoms with van der Waals surface area (Å²) in [6.45, 7) is -0.522. The first-order valence-electron chi connectivity index (χ1n) is 10.5. The van der Waals surface area contributed by atoms with Crippen molar-refractivity contribution in [3.8, 4) is 11.5 Å². The highest BCUT2D eigenvalue weighted by Gasteiger charge is 2.12. The number of nitrogens with one attached hydrogen (secondary N) is 3. The first-order valence-corrected chi connectivity index (χ1v) is 13.3. The summed E-state index contributed by atoms with van der Waals surface area (Å²) in [5, 5.41) is 6.36. The van der Waals surface area contributed by atoms with E-state index in [1.165, 1.54) is 0 Å². The first kappa shape index (κ1) is 26.3. The van der Waals surface area contributed by atoms with Crippen molar-refractivity contribution in [3.05, 3.63) is 80.1 Å². The van der Waals surface area contributed by atoms with Crippen LogP contribution in [-0.4, -0.2) is 30.1 Å². The average molecular weight is 696 g/mol. The number of benzene rings is 4. The van der Waals surface area contributed by atoms with Gasteiger partial charge in [-0.3, -0.25) is 25.8 Å². The first-order chi connectivity index (χ1) is 17.3. The number of carbonyl (C=O) groups excluding carboxylic acids is 2. The van der Waals surface area contributed by atoms with Crippen LogP contribution in [0.2, 0.25) is 0 Å². The van der Waals surface area contributed by atoms with Gasteiger partial charge in [0.25, 0.3) is 11.8 Å². The number of hydrogen-bond acceptors (Lipinski definition) is 5. The molecule has 11 heteroatoms. The van der Waals surface area contributed by atoms with Crippen LogP contribution in [0.3, 0.4) is 0 Å². The predicted molar refractivity (Wildman–Crippen MR) is 154 cm³/mol. The van der Waals surface area contributed by atoms with E-state index in [0.717, 1.165) is 35.0 Å². The summed E-state index contributed by atoms with van der Waals surface area (Å²) in [7, 11) is 0. The lowest BCUT2D eigenvalue weighted by Crippen LogP contribution is -2.50. The fourth-order valence-electron chi connectivity index (χ4n) is 3.32. The van der Waals surface area contributed by atoms with Crippen molar-refractivity contribution >= 4 is 98.5 Å². The van der Waals surface area contributed by atoms with Crippen molar-refractivity contribution in [3.63, 3.8) is 0 Å². The summed E-state index contributed by atoms with van der Waals surface area (Å²) in [4.78, 5) is 24.4. The van der Waals surface area contributed by atoms with Crippen molar-refractivity contribution in [2.75, 3.05) is 13.2 Å². The Balaban J connectivity index is 1.21. The zero-order valence-corrected chi connectivity index (χ0v) is 24.0. The van der Waals surface area contributed by atoms with Crippen molar-refractivity contribution in [1.29, 1.82) is 0 Å². The second-order valence-corrected chi connectivity index (χ2v) is 10.4. The Morgan fingerprint density at radius 2 is 1.33 bits per heavy atom. The summed E-state index contributed by atoms with van der Waals surface area (Å²) in [5.41, 5.74) is 4.86. The maximum atomic E-state index is 12.2. The fraction of sp³-hybridized carbons (Fsp3) is 0.0800. The van der Waals surface area contributed by atoms with Gasteiger partial charge in [0.05, 0.1) is 8.95 Å². The van der Waals surface area contributed by atoms with Gasteiger partial charge in [0, 0.05) is 4.47 Å². The smallest absolute Gasteiger partial charge is 0.276 e. The molecular formula is C25H18Br3N3O4S. The molecule has 36 heavy (non-hydrogen) atoms. The number of halogens is 3. The number of amides is 2. The van der Waals surface area contributed by atoms with Gasteiger partial charge >= 0.3 is 0 Å². The van der Waals surface area contributed by atoms with E-state index < -0.39 is 11.8 Å². The van der Waals surface area contributed by atoms with E-state index in [4.69, 9.17) is 21.7 Å². The quantitative estimate of drug-likeness (QED) is 0.176. The van der Waals surface area contributed by atoms with Crippen molar-refractivity contribution in [2.45, 2.75) is 0 Å². The highest BCUT2D eigenvalue weighted by Crippen LogP contribution is 2.35. The number of hydrazine groups is 1. The van der Waals surface area contributed by atoms with Gasteiger partial charge in [-0.15, -0.1) is 0 Å². The molecule has 4 aromatic carbocycles.